The molecule has 1 saturated carbocycles. The number of carbonyl (C=O) groups is 2. The molecule has 0 bridgehead atoms. The number of hydrogen-bond donors (Lipinski definition) is 2. The fourth-order valence-corrected chi connectivity index (χ4v) is 7.18. The van der Waals surface area contributed by atoms with Crippen LogP contribution < -0.4 is 10.1 Å². The van der Waals surface area contributed by atoms with Gasteiger partial charge in [0.1, 0.15) is 5.75 Å². The van der Waals surface area contributed by atoms with Crippen LogP contribution in [0.4, 0.5) is 5.69 Å². The van der Waals surface area contributed by atoms with E-state index in [1.807, 2.05) is 25.1 Å². The van der Waals surface area contributed by atoms with Crippen LogP contribution in [0.1, 0.15) is 32.3 Å². The van der Waals surface area contributed by atoms with E-state index in [-0.39, 0.29) is 6.04 Å². The first-order chi connectivity index (χ1) is 15.3. The molecule has 1 aromatic rings. The maximum Gasteiger partial charge on any atom is 0.344 e. The van der Waals surface area contributed by atoms with Crippen molar-refractivity contribution in [3.63, 3.8) is 0 Å². The zero-order chi connectivity index (χ0) is 22.9. The number of carbonyl (C=O) groups excluding carboxylic acids is 2. The largest absolute Gasteiger partial charge is 0.497 e. The summed E-state index contributed by atoms with van der Waals surface area (Å²) in [6.45, 7) is 4.91. The zero-order valence-corrected chi connectivity index (χ0v) is 18.9. The monoisotopic (exact) mass is 442 g/mol. The average molecular weight is 443 g/mol. The Morgan fingerprint density at radius 2 is 2.09 bits per heavy atom. The molecule has 2 fully saturated rings. The second-order valence-electron chi connectivity index (χ2n) is 9.35. The van der Waals surface area contributed by atoms with Crippen LogP contribution in [-0.2, 0) is 24.5 Å². The molecule has 8 nitrogen and oxygen atoms in total. The molecule has 8 heteroatoms. The Balaban J connectivity index is 1.82. The van der Waals surface area contributed by atoms with Crippen molar-refractivity contribution in [2.45, 2.75) is 55.9 Å². The first kappa shape index (κ1) is 21.3. The minimum atomic E-state index is -2.09. The Morgan fingerprint density at radius 1 is 1.31 bits per heavy atom. The third kappa shape index (κ3) is 2.34. The van der Waals surface area contributed by atoms with E-state index in [9.17, 15) is 14.7 Å². The number of esters is 2. The number of nitrogens with zero attached hydrogens (tertiary/aromatic N) is 1. The normalized spacial score (nSPS) is 38.8. The van der Waals surface area contributed by atoms with Crippen molar-refractivity contribution in [2.24, 2.45) is 5.41 Å². The third-order valence-corrected chi connectivity index (χ3v) is 8.22. The molecule has 0 aromatic heterocycles. The number of aliphatic hydroxyl groups is 1. The number of anilines is 1. The Bertz CT molecular complexity index is 1010. The van der Waals surface area contributed by atoms with Gasteiger partial charge in [0.05, 0.1) is 20.3 Å². The van der Waals surface area contributed by atoms with Gasteiger partial charge >= 0.3 is 11.9 Å². The van der Waals surface area contributed by atoms with Crippen LogP contribution >= 0.6 is 0 Å². The Kier molecular flexibility index (Phi) is 4.63. The standard InChI is InChI=1S/C24H30N2O6/c1-5-22-9-6-11-26-12-10-23(19(22)26)16-8-7-15(30-3)13-17(16)25-18(23)24(29,21(28)31-4)20(22)32-14(2)27/h6-9,13,18-20,25,29H,5,10-12H2,1-4H3. The molecule has 5 rings (SSSR count). The second kappa shape index (κ2) is 6.96. The van der Waals surface area contributed by atoms with Gasteiger partial charge in [0.25, 0.3) is 0 Å². The first-order valence-corrected chi connectivity index (χ1v) is 11.1. The van der Waals surface area contributed by atoms with Crippen LogP contribution in [0.3, 0.4) is 0 Å². The lowest BCUT2D eigenvalue weighted by atomic mass is 9.48. The van der Waals surface area contributed by atoms with Gasteiger partial charge in [-0.3, -0.25) is 9.69 Å². The highest BCUT2D eigenvalue weighted by Gasteiger charge is 2.79. The van der Waals surface area contributed by atoms with Gasteiger partial charge in [0, 0.05) is 42.1 Å². The Morgan fingerprint density at radius 3 is 2.75 bits per heavy atom. The molecule has 4 aliphatic rings. The summed E-state index contributed by atoms with van der Waals surface area (Å²) in [4.78, 5) is 28.0. The SMILES string of the molecule is CCC12C=CCN3CCC4(c5ccc(OC)cc5NC4C(O)(C(=O)OC)C1OC(C)=O)C32. The highest BCUT2D eigenvalue weighted by atomic mass is 16.6. The van der Waals surface area contributed by atoms with Crippen molar-refractivity contribution in [3.05, 3.63) is 35.9 Å². The Hall–Kier alpha value is -2.58. The van der Waals surface area contributed by atoms with Crippen LogP contribution in [-0.4, -0.2) is 73.0 Å². The number of benzene rings is 1. The quantitative estimate of drug-likeness (QED) is 0.536. The summed E-state index contributed by atoms with van der Waals surface area (Å²) >= 11 is 0. The van der Waals surface area contributed by atoms with E-state index in [0.29, 0.717) is 12.2 Å². The molecule has 1 aromatic carbocycles. The molecule has 1 aliphatic carbocycles. The highest BCUT2D eigenvalue weighted by Crippen LogP contribution is 2.66. The maximum absolute atomic E-state index is 13.3. The molecule has 1 saturated heterocycles. The fourth-order valence-electron chi connectivity index (χ4n) is 7.18. The number of nitrogens with one attached hydrogen (secondary N) is 1. The van der Waals surface area contributed by atoms with E-state index in [4.69, 9.17) is 14.2 Å². The molecular formula is C24H30N2O6. The number of methoxy groups -OCH3 is 2. The highest BCUT2D eigenvalue weighted by molar-refractivity contribution is 5.86. The minimum Gasteiger partial charge on any atom is -0.497 e. The van der Waals surface area contributed by atoms with Crippen molar-refractivity contribution < 1.29 is 28.9 Å². The van der Waals surface area contributed by atoms with Gasteiger partial charge < -0.3 is 24.6 Å². The third-order valence-electron chi connectivity index (χ3n) is 8.22. The summed E-state index contributed by atoms with van der Waals surface area (Å²) < 4.78 is 16.4. The van der Waals surface area contributed by atoms with Crippen molar-refractivity contribution in [2.75, 3.05) is 32.6 Å². The molecule has 172 valence electrons. The summed E-state index contributed by atoms with van der Waals surface area (Å²) in [5.74, 6) is -0.660. The molecule has 2 N–H and O–H groups in total. The molecule has 32 heavy (non-hydrogen) atoms. The molecule has 1 spiro atoms. The van der Waals surface area contributed by atoms with Crippen LogP contribution in [0.5, 0.6) is 5.75 Å². The Labute approximate surface area is 187 Å². The van der Waals surface area contributed by atoms with Crippen molar-refractivity contribution >= 4 is 17.6 Å². The van der Waals surface area contributed by atoms with Crippen LogP contribution in [0, 0.1) is 5.41 Å². The number of hydrogen-bond acceptors (Lipinski definition) is 8. The van der Waals surface area contributed by atoms with Gasteiger partial charge in [-0.1, -0.05) is 25.1 Å². The summed E-state index contributed by atoms with van der Waals surface area (Å²) in [7, 11) is 2.86. The molecule has 6 atom stereocenters. The van der Waals surface area contributed by atoms with E-state index in [2.05, 4.69) is 22.4 Å². The van der Waals surface area contributed by atoms with Crippen molar-refractivity contribution in [1.82, 2.24) is 4.90 Å². The molecule has 6 unspecified atom stereocenters. The topological polar surface area (TPSA) is 97.3 Å². The predicted molar refractivity (Wildman–Crippen MR) is 116 cm³/mol. The smallest absolute Gasteiger partial charge is 0.344 e. The van der Waals surface area contributed by atoms with Crippen LogP contribution in [0.25, 0.3) is 0 Å². The van der Waals surface area contributed by atoms with Crippen LogP contribution in [0.15, 0.2) is 30.4 Å². The van der Waals surface area contributed by atoms with E-state index in [1.165, 1.54) is 14.0 Å². The van der Waals surface area contributed by atoms with E-state index in [1.54, 1.807) is 7.11 Å². The lowest BCUT2D eigenvalue weighted by Crippen LogP contribution is -2.80. The summed E-state index contributed by atoms with van der Waals surface area (Å²) in [6.07, 6.45) is 4.35. The van der Waals surface area contributed by atoms with Gasteiger partial charge in [0.15, 0.2) is 6.10 Å². The van der Waals surface area contributed by atoms with Gasteiger partial charge in [-0.05, 0) is 31.0 Å². The van der Waals surface area contributed by atoms with Crippen molar-refractivity contribution in [1.29, 1.82) is 0 Å². The molecular weight excluding hydrogens is 412 g/mol. The van der Waals surface area contributed by atoms with E-state index >= 15 is 0 Å². The maximum atomic E-state index is 13.3. The lowest BCUT2D eigenvalue weighted by Gasteiger charge is -2.62. The van der Waals surface area contributed by atoms with Gasteiger partial charge in [-0.15, -0.1) is 0 Å². The summed E-state index contributed by atoms with van der Waals surface area (Å²) in [6, 6.07) is 5.06. The van der Waals surface area contributed by atoms with Gasteiger partial charge in [0.2, 0.25) is 5.60 Å². The van der Waals surface area contributed by atoms with E-state index in [0.717, 1.165) is 30.8 Å². The first-order valence-electron chi connectivity index (χ1n) is 11.1. The van der Waals surface area contributed by atoms with E-state index < -0.39 is 40.5 Å². The van der Waals surface area contributed by atoms with Crippen molar-refractivity contribution in [3.8, 4) is 5.75 Å². The second-order valence-corrected chi connectivity index (χ2v) is 9.35. The minimum absolute atomic E-state index is 0.0635. The predicted octanol–water partition coefficient (Wildman–Crippen LogP) is 1.62. The molecule has 0 amide bonds. The molecule has 3 heterocycles. The van der Waals surface area contributed by atoms with Gasteiger partial charge in [-0.25, -0.2) is 4.79 Å². The summed E-state index contributed by atoms with van der Waals surface area (Å²) in [5.41, 5.74) is -1.55. The number of ether oxygens (including phenoxy) is 3. The number of fused-ring (bicyclic) bond motifs is 1. The lowest BCUT2D eigenvalue weighted by molar-refractivity contribution is -0.226. The fraction of sp³-hybridized carbons (Fsp3) is 0.583. The average Bonchev–Trinajstić information content (AvgIpc) is 3.35. The molecule has 0 radical (unpaired) electrons. The zero-order valence-electron chi connectivity index (χ0n) is 18.9. The molecule has 3 aliphatic heterocycles. The number of rotatable bonds is 4. The van der Waals surface area contributed by atoms with Crippen LogP contribution in [0.2, 0.25) is 0 Å². The summed E-state index contributed by atoms with van der Waals surface area (Å²) in [5, 5.41) is 15.7. The van der Waals surface area contributed by atoms with Gasteiger partial charge in [-0.2, -0.15) is 0 Å².